The van der Waals surface area contributed by atoms with Crippen LogP contribution in [-0.4, -0.2) is 9.97 Å². The van der Waals surface area contributed by atoms with E-state index in [0.717, 1.165) is 28.5 Å². The van der Waals surface area contributed by atoms with Crippen molar-refractivity contribution in [2.24, 2.45) is 0 Å². The molecule has 0 bridgehead atoms. The Morgan fingerprint density at radius 1 is 1.29 bits per heavy atom. The van der Waals surface area contributed by atoms with E-state index >= 15 is 0 Å². The van der Waals surface area contributed by atoms with E-state index < -0.39 is 0 Å². The van der Waals surface area contributed by atoms with Crippen LogP contribution < -0.4 is 0 Å². The smallest absolute Gasteiger partial charge is 0.119 e. The third-order valence-corrected chi connectivity index (χ3v) is 2.45. The number of nitrogens with zero attached hydrogens (tertiary/aromatic N) is 1. The molecule has 14 heavy (non-hydrogen) atoms. The van der Waals surface area contributed by atoms with Crippen molar-refractivity contribution in [3.8, 4) is 11.3 Å². The summed E-state index contributed by atoms with van der Waals surface area (Å²) in [5.41, 5.74) is 2.13. The van der Waals surface area contributed by atoms with Crippen molar-refractivity contribution in [1.82, 2.24) is 9.97 Å². The highest BCUT2D eigenvalue weighted by Gasteiger charge is 2.06. The van der Waals surface area contributed by atoms with Crippen LogP contribution in [0, 0.1) is 0 Å². The van der Waals surface area contributed by atoms with Gasteiger partial charge >= 0.3 is 0 Å². The molecule has 0 saturated carbocycles. The van der Waals surface area contributed by atoms with Crippen LogP contribution in [0.2, 0.25) is 0 Å². The molecule has 1 heterocycles. The molecule has 1 aromatic heterocycles. The van der Waals surface area contributed by atoms with Crippen LogP contribution in [0.1, 0.15) is 12.7 Å². The first kappa shape index (κ1) is 9.34. The fourth-order valence-corrected chi connectivity index (χ4v) is 1.69. The molecule has 0 aliphatic carbocycles. The first-order chi connectivity index (χ1) is 6.81. The largest absolute Gasteiger partial charge is 0.341 e. The van der Waals surface area contributed by atoms with Gasteiger partial charge in [0.1, 0.15) is 10.9 Å². The van der Waals surface area contributed by atoms with Crippen molar-refractivity contribution >= 4 is 12.6 Å². The minimum Gasteiger partial charge on any atom is -0.341 e. The second-order valence-electron chi connectivity index (χ2n) is 3.10. The molecule has 72 valence electrons. The van der Waals surface area contributed by atoms with Gasteiger partial charge in [-0.1, -0.05) is 37.3 Å². The van der Waals surface area contributed by atoms with E-state index in [1.54, 1.807) is 0 Å². The number of nitrogens with one attached hydrogen (secondary N) is 1. The van der Waals surface area contributed by atoms with Crippen molar-refractivity contribution in [1.29, 1.82) is 0 Å². The number of benzene rings is 1. The third-order valence-electron chi connectivity index (χ3n) is 2.13. The number of thiol groups is 1. The van der Waals surface area contributed by atoms with E-state index in [1.807, 2.05) is 30.3 Å². The van der Waals surface area contributed by atoms with E-state index in [9.17, 15) is 0 Å². The Labute approximate surface area is 88.8 Å². The lowest BCUT2D eigenvalue weighted by molar-refractivity contribution is 0.972. The third kappa shape index (κ3) is 1.68. The van der Waals surface area contributed by atoms with Crippen molar-refractivity contribution in [3.63, 3.8) is 0 Å². The summed E-state index contributed by atoms with van der Waals surface area (Å²) in [5, 5.41) is 0.771. The quantitative estimate of drug-likeness (QED) is 0.723. The van der Waals surface area contributed by atoms with E-state index in [1.165, 1.54) is 0 Å². The number of hydrogen-bond donors (Lipinski definition) is 2. The minimum absolute atomic E-state index is 0.771. The molecule has 1 aromatic carbocycles. The zero-order valence-corrected chi connectivity index (χ0v) is 8.88. The number of rotatable bonds is 2. The molecule has 0 unspecified atom stereocenters. The molecule has 0 aliphatic heterocycles. The topological polar surface area (TPSA) is 28.7 Å². The molecule has 0 saturated heterocycles. The van der Waals surface area contributed by atoms with Crippen LogP contribution in [0.5, 0.6) is 0 Å². The number of aromatic nitrogens is 2. The molecule has 1 N–H and O–H groups in total. The predicted molar refractivity (Wildman–Crippen MR) is 60.7 cm³/mol. The molecule has 0 spiro atoms. The van der Waals surface area contributed by atoms with E-state index in [2.05, 4.69) is 29.5 Å². The van der Waals surface area contributed by atoms with Gasteiger partial charge in [0, 0.05) is 12.0 Å². The molecule has 2 nitrogen and oxygen atoms in total. The summed E-state index contributed by atoms with van der Waals surface area (Å²) in [5.74, 6) is 0.980. The Morgan fingerprint density at radius 3 is 2.57 bits per heavy atom. The second kappa shape index (κ2) is 3.88. The van der Waals surface area contributed by atoms with Crippen molar-refractivity contribution < 1.29 is 0 Å². The number of aromatic amines is 1. The van der Waals surface area contributed by atoms with Gasteiger partial charge in [0.15, 0.2) is 0 Å². The maximum Gasteiger partial charge on any atom is 0.119 e. The highest BCUT2D eigenvalue weighted by atomic mass is 32.1. The van der Waals surface area contributed by atoms with Gasteiger partial charge in [-0.05, 0) is 0 Å². The summed E-state index contributed by atoms with van der Waals surface area (Å²) in [6.07, 6.45) is 0.903. The monoisotopic (exact) mass is 204 g/mol. The van der Waals surface area contributed by atoms with Gasteiger partial charge in [0.05, 0.1) is 5.69 Å². The molecular weight excluding hydrogens is 192 g/mol. The van der Waals surface area contributed by atoms with Crippen LogP contribution >= 0.6 is 12.6 Å². The first-order valence-electron chi connectivity index (χ1n) is 4.64. The van der Waals surface area contributed by atoms with Crippen LogP contribution in [-0.2, 0) is 6.42 Å². The highest BCUT2D eigenvalue weighted by molar-refractivity contribution is 7.80. The zero-order chi connectivity index (χ0) is 9.97. The molecular formula is C11H12N2S. The SMILES string of the molecule is CCc1nc(S)c(-c2ccccc2)[nH]1. The van der Waals surface area contributed by atoms with E-state index in [-0.39, 0.29) is 0 Å². The molecule has 2 aromatic rings. The van der Waals surface area contributed by atoms with Gasteiger partial charge in [0.2, 0.25) is 0 Å². The molecule has 0 amide bonds. The Morgan fingerprint density at radius 2 is 2.00 bits per heavy atom. The van der Waals surface area contributed by atoms with Crippen molar-refractivity contribution in [2.75, 3.05) is 0 Å². The maximum absolute atomic E-state index is 4.34. The van der Waals surface area contributed by atoms with Gasteiger partial charge in [-0.2, -0.15) is 0 Å². The molecule has 0 atom stereocenters. The summed E-state index contributed by atoms with van der Waals surface area (Å²) in [6.45, 7) is 2.07. The van der Waals surface area contributed by atoms with Gasteiger partial charge in [-0.15, -0.1) is 12.6 Å². The Hall–Kier alpha value is -1.22. The highest BCUT2D eigenvalue weighted by Crippen LogP contribution is 2.23. The fourth-order valence-electron chi connectivity index (χ4n) is 1.39. The normalized spacial score (nSPS) is 10.4. The number of imidazole rings is 1. The van der Waals surface area contributed by atoms with Gasteiger partial charge in [-0.25, -0.2) is 4.98 Å². The zero-order valence-electron chi connectivity index (χ0n) is 7.99. The molecule has 0 radical (unpaired) electrons. The van der Waals surface area contributed by atoms with Crippen LogP contribution in [0.4, 0.5) is 0 Å². The maximum atomic E-state index is 4.34. The number of H-pyrrole nitrogens is 1. The van der Waals surface area contributed by atoms with Gasteiger partial charge in [-0.3, -0.25) is 0 Å². The first-order valence-corrected chi connectivity index (χ1v) is 5.09. The van der Waals surface area contributed by atoms with Gasteiger partial charge < -0.3 is 4.98 Å². The lowest BCUT2D eigenvalue weighted by atomic mass is 10.2. The standard InChI is InChI=1S/C11H12N2S/c1-2-9-12-10(11(14)13-9)8-6-4-3-5-7-8/h3-7,14H,2H2,1H3,(H,12,13). The average Bonchev–Trinajstić information content (AvgIpc) is 2.61. The minimum atomic E-state index is 0.771. The van der Waals surface area contributed by atoms with Crippen LogP contribution in [0.25, 0.3) is 11.3 Å². The number of aryl methyl sites for hydroxylation is 1. The number of hydrogen-bond acceptors (Lipinski definition) is 2. The Kier molecular flexibility index (Phi) is 2.59. The predicted octanol–water partition coefficient (Wildman–Crippen LogP) is 2.93. The summed E-state index contributed by atoms with van der Waals surface area (Å²) in [7, 11) is 0. The summed E-state index contributed by atoms with van der Waals surface area (Å²) in [4.78, 5) is 7.57. The molecule has 3 heteroatoms. The van der Waals surface area contributed by atoms with Crippen LogP contribution in [0.3, 0.4) is 0 Å². The van der Waals surface area contributed by atoms with Crippen molar-refractivity contribution in [3.05, 3.63) is 36.2 Å². The summed E-state index contributed by atoms with van der Waals surface area (Å²) >= 11 is 4.34. The van der Waals surface area contributed by atoms with E-state index in [4.69, 9.17) is 0 Å². The van der Waals surface area contributed by atoms with Gasteiger partial charge in [0.25, 0.3) is 0 Å². The van der Waals surface area contributed by atoms with Crippen LogP contribution in [0.15, 0.2) is 35.4 Å². The van der Waals surface area contributed by atoms with E-state index in [0.29, 0.717) is 0 Å². The van der Waals surface area contributed by atoms with Crippen molar-refractivity contribution in [2.45, 2.75) is 18.4 Å². The fraction of sp³-hybridized carbons (Fsp3) is 0.182. The lowest BCUT2D eigenvalue weighted by Crippen LogP contribution is -1.81. The lowest BCUT2D eigenvalue weighted by Gasteiger charge is -1.96. The average molecular weight is 204 g/mol. The molecule has 0 fully saturated rings. The Balaban J connectivity index is 2.46. The molecule has 2 rings (SSSR count). The summed E-state index contributed by atoms with van der Waals surface area (Å²) in [6, 6.07) is 10.1. The second-order valence-corrected chi connectivity index (χ2v) is 3.53. The summed E-state index contributed by atoms with van der Waals surface area (Å²) < 4.78 is 0. The Bertz CT molecular complexity index is 420. The molecule has 0 aliphatic rings.